The summed E-state index contributed by atoms with van der Waals surface area (Å²) >= 11 is 6.18. The van der Waals surface area contributed by atoms with Crippen molar-refractivity contribution in [2.24, 2.45) is 17.8 Å². The number of nitrogens with one attached hydrogen (secondary N) is 1. The lowest BCUT2D eigenvalue weighted by molar-refractivity contribution is 0.552. The lowest BCUT2D eigenvalue weighted by Gasteiger charge is -2.23. The zero-order valence-corrected chi connectivity index (χ0v) is 13.9. The lowest BCUT2D eigenvalue weighted by atomic mass is 10.1. The van der Waals surface area contributed by atoms with Crippen molar-refractivity contribution in [2.45, 2.75) is 33.7 Å². The Labute approximate surface area is 128 Å². The van der Waals surface area contributed by atoms with Gasteiger partial charge in [0, 0.05) is 30.8 Å². The van der Waals surface area contributed by atoms with Crippen molar-refractivity contribution in [3.8, 4) is 0 Å². The number of halogens is 1. The van der Waals surface area contributed by atoms with Crippen LogP contribution in [0.25, 0.3) is 0 Å². The van der Waals surface area contributed by atoms with Crippen molar-refractivity contribution in [1.29, 1.82) is 0 Å². The van der Waals surface area contributed by atoms with Gasteiger partial charge in [-0.1, -0.05) is 38.4 Å². The van der Waals surface area contributed by atoms with Gasteiger partial charge in [-0.3, -0.25) is 0 Å². The molecule has 0 spiro atoms. The molecule has 2 nitrogen and oxygen atoms in total. The van der Waals surface area contributed by atoms with E-state index >= 15 is 0 Å². The zero-order valence-electron chi connectivity index (χ0n) is 13.1. The minimum absolute atomic E-state index is 0.677. The summed E-state index contributed by atoms with van der Waals surface area (Å²) in [5.74, 6) is 2.42. The van der Waals surface area contributed by atoms with Crippen LogP contribution in [-0.4, -0.2) is 20.1 Å². The van der Waals surface area contributed by atoms with Crippen LogP contribution in [0.2, 0.25) is 5.02 Å². The Hall–Kier alpha value is -0.730. The van der Waals surface area contributed by atoms with E-state index in [1.807, 2.05) is 6.07 Å². The molecule has 1 aromatic carbocycles. The van der Waals surface area contributed by atoms with Gasteiger partial charge in [-0.05, 0) is 48.4 Å². The summed E-state index contributed by atoms with van der Waals surface area (Å²) in [6, 6.07) is 6.24. The number of anilines is 1. The van der Waals surface area contributed by atoms with Crippen LogP contribution in [0.5, 0.6) is 0 Å². The minimum Gasteiger partial charge on any atom is -0.374 e. The average molecular weight is 295 g/mol. The molecule has 1 aliphatic rings. The second-order valence-corrected chi connectivity index (χ2v) is 7.09. The van der Waals surface area contributed by atoms with E-state index in [1.165, 1.54) is 17.7 Å². The highest BCUT2D eigenvalue weighted by atomic mass is 35.5. The van der Waals surface area contributed by atoms with Gasteiger partial charge in [-0.15, -0.1) is 0 Å². The Morgan fingerprint density at radius 3 is 2.70 bits per heavy atom. The van der Waals surface area contributed by atoms with Crippen molar-refractivity contribution in [2.75, 3.05) is 25.0 Å². The van der Waals surface area contributed by atoms with Gasteiger partial charge in [0.25, 0.3) is 0 Å². The van der Waals surface area contributed by atoms with Gasteiger partial charge in [0.15, 0.2) is 0 Å². The third-order valence-corrected chi connectivity index (χ3v) is 4.35. The van der Waals surface area contributed by atoms with Gasteiger partial charge in [0.2, 0.25) is 0 Å². The topological polar surface area (TPSA) is 15.3 Å². The quantitative estimate of drug-likeness (QED) is 0.811. The molecule has 1 N–H and O–H groups in total. The normalized spacial score (nSPS) is 21.3. The second-order valence-electron chi connectivity index (χ2n) is 6.65. The first kappa shape index (κ1) is 15.7. The smallest absolute Gasteiger partial charge is 0.0426 e. The number of hydrogen-bond acceptors (Lipinski definition) is 2. The van der Waals surface area contributed by atoms with Crippen LogP contribution in [0.4, 0.5) is 5.69 Å². The largest absolute Gasteiger partial charge is 0.374 e. The van der Waals surface area contributed by atoms with Crippen LogP contribution in [0, 0.1) is 17.8 Å². The fourth-order valence-corrected chi connectivity index (χ4v) is 2.81. The van der Waals surface area contributed by atoms with Crippen molar-refractivity contribution < 1.29 is 0 Å². The SMILES string of the molecule is CC(C)CNCc1ccc(Cl)cc1N(C)CC1CC1C. The number of benzene rings is 1. The highest BCUT2D eigenvalue weighted by Gasteiger charge is 2.33. The molecule has 0 heterocycles. The average Bonchev–Trinajstić information content (AvgIpc) is 3.06. The van der Waals surface area contributed by atoms with Crippen LogP contribution in [0.15, 0.2) is 18.2 Å². The molecule has 0 radical (unpaired) electrons. The Morgan fingerprint density at radius 1 is 1.40 bits per heavy atom. The van der Waals surface area contributed by atoms with Crippen molar-refractivity contribution in [1.82, 2.24) is 5.32 Å². The van der Waals surface area contributed by atoms with E-state index < -0.39 is 0 Å². The van der Waals surface area contributed by atoms with E-state index in [9.17, 15) is 0 Å². The summed E-state index contributed by atoms with van der Waals surface area (Å²) in [5, 5.41) is 4.35. The van der Waals surface area contributed by atoms with E-state index in [4.69, 9.17) is 11.6 Å². The van der Waals surface area contributed by atoms with Crippen LogP contribution < -0.4 is 10.2 Å². The van der Waals surface area contributed by atoms with Crippen LogP contribution in [0.3, 0.4) is 0 Å². The Morgan fingerprint density at radius 2 is 2.10 bits per heavy atom. The second kappa shape index (κ2) is 6.82. The summed E-state index contributed by atoms with van der Waals surface area (Å²) in [4.78, 5) is 2.37. The fourth-order valence-electron chi connectivity index (χ4n) is 2.64. The highest BCUT2D eigenvalue weighted by molar-refractivity contribution is 6.30. The van der Waals surface area contributed by atoms with Gasteiger partial charge in [0.1, 0.15) is 0 Å². The van der Waals surface area contributed by atoms with Gasteiger partial charge in [-0.25, -0.2) is 0 Å². The maximum Gasteiger partial charge on any atom is 0.0426 e. The standard InChI is InChI=1S/C17H27ClN2/c1-12(2)9-19-10-14-5-6-16(18)8-17(14)20(4)11-15-7-13(15)3/h5-6,8,12-13,15,19H,7,9-11H2,1-4H3. The molecule has 3 heteroatoms. The molecule has 1 aromatic rings. The molecule has 0 aliphatic heterocycles. The molecule has 20 heavy (non-hydrogen) atoms. The zero-order chi connectivity index (χ0) is 14.7. The first-order valence-corrected chi connectivity index (χ1v) is 8.05. The summed E-state index contributed by atoms with van der Waals surface area (Å²) in [7, 11) is 2.18. The molecule has 0 bridgehead atoms. The highest BCUT2D eigenvalue weighted by Crippen LogP contribution is 2.39. The third-order valence-electron chi connectivity index (χ3n) is 4.11. The Kier molecular flexibility index (Phi) is 5.34. The molecule has 1 saturated carbocycles. The van der Waals surface area contributed by atoms with E-state index in [-0.39, 0.29) is 0 Å². The van der Waals surface area contributed by atoms with Gasteiger partial charge < -0.3 is 10.2 Å². The van der Waals surface area contributed by atoms with Crippen LogP contribution >= 0.6 is 11.6 Å². The number of nitrogens with zero attached hydrogens (tertiary/aromatic N) is 1. The Bertz CT molecular complexity index is 445. The van der Waals surface area contributed by atoms with E-state index in [0.717, 1.165) is 36.5 Å². The molecule has 1 aliphatic carbocycles. The van der Waals surface area contributed by atoms with Crippen molar-refractivity contribution >= 4 is 17.3 Å². The molecule has 0 saturated heterocycles. The molecular formula is C17H27ClN2. The molecule has 0 amide bonds. The van der Waals surface area contributed by atoms with E-state index in [1.54, 1.807) is 0 Å². The van der Waals surface area contributed by atoms with E-state index in [0.29, 0.717) is 5.92 Å². The number of rotatable bonds is 7. The summed E-state index contributed by atoms with van der Waals surface area (Å²) < 4.78 is 0. The molecule has 2 rings (SSSR count). The maximum absolute atomic E-state index is 6.18. The minimum atomic E-state index is 0.677. The lowest BCUT2D eigenvalue weighted by Crippen LogP contribution is -2.24. The van der Waals surface area contributed by atoms with Gasteiger partial charge in [-0.2, -0.15) is 0 Å². The molecule has 2 atom stereocenters. The number of hydrogen-bond donors (Lipinski definition) is 1. The molecule has 112 valence electrons. The third kappa shape index (κ3) is 4.39. The molecule has 2 unspecified atom stereocenters. The van der Waals surface area contributed by atoms with Crippen LogP contribution in [0.1, 0.15) is 32.8 Å². The van der Waals surface area contributed by atoms with E-state index in [2.05, 4.69) is 50.2 Å². The fraction of sp³-hybridized carbons (Fsp3) is 0.647. The predicted molar refractivity (Wildman–Crippen MR) is 88.5 cm³/mol. The summed E-state index contributed by atoms with van der Waals surface area (Å²) in [6.45, 7) is 9.90. The Balaban J connectivity index is 2.02. The monoisotopic (exact) mass is 294 g/mol. The molecule has 0 aromatic heterocycles. The van der Waals surface area contributed by atoms with Gasteiger partial charge in [0.05, 0.1) is 0 Å². The van der Waals surface area contributed by atoms with Gasteiger partial charge >= 0.3 is 0 Å². The van der Waals surface area contributed by atoms with Crippen molar-refractivity contribution in [3.05, 3.63) is 28.8 Å². The first-order chi connectivity index (χ1) is 9.47. The summed E-state index contributed by atoms with van der Waals surface area (Å²) in [6.07, 6.45) is 1.37. The first-order valence-electron chi connectivity index (χ1n) is 7.67. The van der Waals surface area contributed by atoms with Crippen molar-refractivity contribution in [3.63, 3.8) is 0 Å². The molecular weight excluding hydrogens is 268 g/mol. The van der Waals surface area contributed by atoms with Crippen LogP contribution in [-0.2, 0) is 6.54 Å². The maximum atomic E-state index is 6.18. The summed E-state index contributed by atoms with van der Waals surface area (Å²) in [5.41, 5.74) is 2.61. The predicted octanol–water partition coefficient (Wildman–Crippen LogP) is 4.18. The molecule has 1 fully saturated rings.